The minimum absolute atomic E-state index is 0.317. The number of carboxylic acid groups (broad SMARTS) is 2. The Morgan fingerprint density at radius 2 is 2.00 bits per heavy atom. The summed E-state index contributed by atoms with van der Waals surface area (Å²) in [6.45, 7) is 3.58. The van der Waals surface area contributed by atoms with Crippen molar-refractivity contribution in [2.75, 3.05) is 6.54 Å². The quantitative estimate of drug-likeness (QED) is 0.286. The van der Waals surface area contributed by atoms with Crippen LogP contribution in [0.2, 0.25) is 0 Å². The van der Waals surface area contributed by atoms with Crippen molar-refractivity contribution < 1.29 is 29.4 Å². The molecule has 0 saturated carbocycles. The molecular formula is C10H17N3O6. The van der Waals surface area contributed by atoms with Crippen LogP contribution in [0, 0.1) is 0 Å². The Kier molecular flexibility index (Phi) is 8.05. The second-order valence-corrected chi connectivity index (χ2v) is 3.66. The molecule has 0 aromatic heterocycles. The number of nitrogens with one attached hydrogen (secondary N) is 1. The minimum atomic E-state index is -1.53. The van der Waals surface area contributed by atoms with Crippen LogP contribution in [0.4, 0.5) is 0 Å². The van der Waals surface area contributed by atoms with Crippen molar-refractivity contribution in [3.05, 3.63) is 0 Å². The summed E-state index contributed by atoms with van der Waals surface area (Å²) < 4.78 is 0. The van der Waals surface area contributed by atoms with Gasteiger partial charge in [-0.25, -0.2) is 4.79 Å². The SMILES string of the molecule is C=N[C@@H](CCCN)C(=O)ON[C@@H](CC(=O)O)C(=O)O. The first-order valence-electron chi connectivity index (χ1n) is 5.49. The molecule has 108 valence electrons. The Morgan fingerprint density at radius 1 is 1.37 bits per heavy atom. The zero-order valence-corrected chi connectivity index (χ0v) is 10.2. The molecule has 0 heterocycles. The molecule has 0 radical (unpaired) electrons. The van der Waals surface area contributed by atoms with Gasteiger partial charge in [0.1, 0.15) is 6.04 Å². The number of carbonyl (C=O) groups is 3. The van der Waals surface area contributed by atoms with E-state index in [-0.39, 0.29) is 0 Å². The number of hydroxylamine groups is 1. The van der Waals surface area contributed by atoms with Crippen molar-refractivity contribution in [2.45, 2.75) is 31.3 Å². The highest BCUT2D eigenvalue weighted by atomic mass is 16.7. The van der Waals surface area contributed by atoms with Gasteiger partial charge in [-0.2, -0.15) is 0 Å². The van der Waals surface area contributed by atoms with Crippen LogP contribution < -0.4 is 11.2 Å². The average molecular weight is 275 g/mol. The summed E-state index contributed by atoms with van der Waals surface area (Å²) in [4.78, 5) is 40.6. The third-order valence-electron chi connectivity index (χ3n) is 2.15. The Labute approximate surface area is 109 Å². The molecule has 0 aromatic rings. The summed E-state index contributed by atoms with van der Waals surface area (Å²) in [5.74, 6) is -3.61. The number of nitrogens with zero attached hydrogens (tertiary/aromatic N) is 1. The van der Waals surface area contributed by atoms with Crippen molar-refractivity contribution in [1.82, 2.24) is 5.48 Å². The number of aliphatic imine (C=N–C) groups is 1. The predicted molar refractivity (Wildman–Crippen MR) is 64.5 cm³/mol. The zero-order valence-electron chi connectivity index (χ0n) is 10.2. The standard InChI is InChI=1S/C10H17N3O6/c1-12-6(3-2-4-11)10(18)19-13-7(9(16)17)5-8(14)15/h6-7,13H,1-5,11H2,(H,14,15)(H,16,17)/t6-,7-/m0/s1. The van der Waals surface area contributed by atoms with Crippen molar-refractivity contribution in [1.29, 1.82) is 0 Å². The fourth-order valence-electron chi connectivity index (χ4n) is 1.15. The highest BCUT2D eigenvalue weighted by Gasteiger charge is 2.24. The molecule has 0 aromatic carbocycles. The maximum absolute atomic E-state index is 11.5. The topological polar surface area (TPSA) is 151 Å². The first-order chi connectivity index (χ1) is 8.92. The van der Waals surface area contributed by atoms with Gasteiger partial charge in [0.05, 0.1) is 6.42 Å². The Balaban J connectivity index is 4.33. The first-order valence-corrected chi connectivity index (χ1v) is 5.49. The number of hydrogen-bond donors (Lipinski definition) is 4. The third kappa shape index (κ3) is 7.11. The van der Waals surface area contributed by atoms with Crippen molar-refractivity contribution in [3.63, 3.8) is 0 Å². The van der Waals surface area contributed by atoms with Crippen LogP contribution in [0.5, 0.6) is 0 Å². The highest BCUT2D eigenvalue weighted by Crippen LogP contribution is 2.03. The van der Waals surface area contributed by atoms with Crippen molar-refractivity contribution in [3.8, 4) is 0 Å². The molecule has 0 amide bonds. The molecule has 9 nitrogen and oxygen atoms in total. The summed E-state index contributed by atoms with van der Waals surface area (Å²) in [6.07, 6.45) is 0.116. The maximum Gasteiger partial charge on any atom is 0.349 e. The second kappa shape index (κ2) is 9.00. The molecule has 0 aliphatic heterocycles. The smallest absolute Gasteiger partial charge is 0.349 e. The van der Waals surface area contributed by atoms with Gasteiger partial charge in [0.15, 0.2) is 6.04 Å². The normalized spacial score (nSPS) is 13.3. The van der Waals surface area contributed by atoms with Gasteiger partial charge >= 0.3 is 17.9 Å². The summed E-state index contributed by atoms with van der Waals surface area (Å²) >= 11 is 0. The molecule has 0 aliphatic rings. The maximum atomic E-state index is 11.5. The summed E-state index contributed by atoms with van der Waals surface area (Å²) in [5.41, 5.74) is 7.17. The molecule has 0 fully saturated rings. The number of carbonyl (C=O) groups excluding carboxylic acids is 1. The first kappa shape index (κ1) is 17.0. The zero-order chi connectivity index (χ0) is 14.8. The molecule has 0 aliphatic carbocycles. The van der Waals surface area contributed by atoms with Crippen LogP contribution >= 0.6 is 0 Å². The lowest BCUT2D eigenvalue weighted by molar-refractivity contribution is -0.162. The van der Waals surface area contributed by atoms with Crippen molar-refractivity contribution in [2.24, 2.45) is 10.7 Å². The molecule has 0 saturated heterocycles. The van der Waals surface area contributed by atoms with E-state index < -0.39 is 36.4 Å². The van der Waals surface area contributed by atoms with E-state index in [1.54, 1.807) is 0 Å². The second-order valence-electron chi connectivity index (χ2n) is 3.66. The molecule has 5 N–H and O–H groups in total. The number of aliphatic carboxylic acids is 2. The van der Waals surface area contributed by atoms with Crippen molar-refractivity contribution >= 4 is 24.6 Å². The van der Waals surface area contributed by atoms with Crippen LogP contribution in [-0.4, -0.2) is 53.5 Å². The number of rotatable bonds is 10. The average Bonchev–Trinajstić information content (AvgIpc) is 2.34. The highest BCUT2D eigenvalue weighted by molar-refractivity contribution is 5.81. The van der Waals surface area contributed by atoms with Gasteiger partial charge in [-0.3, -0.25) is 14.6 Å². The lowest BCUT2D eigenvalue weighted by atomic mass is 10.2. The molecule has 9 heteroatoms. The van der Waals surface area contributed by atoms with E-state index in [0.29, 0.717) is 19.4 Å². The van der Waals surface area contributed by atoms with Crippen LogP contribution in [0.1, 0.15) is 19.3 Å². The van der Waals surface area contributed by atoms with Crippen LogP contribution in [-0.2, 0) is 19.2 Å². The molecular weight excluding hydrogens is 258 g/mol. The molecule has 0 rings (SSSR count). The van der Waals surface area contributed by atoms with E-state index in [0.717, 1.165) is 0 Å². The van der Waals surface area contributed by atoms with Gasteiger partial charge in [-0.1, -0.05) is 0 Å². The monoisotopic (exact) mass is 275 g/mol. The van der Waals surface area contributed by atoms with Gasteiger partial charge in [0.25, 0.3) is 0 Å². The van der Waals surface area contributed by atoms with Gasteiger partial charge in [0, 0.05) is 0 Å². The van der Waals surface area contributed by atoms with Crippen LogP contribution in [0.3, 0.4) is 0 Å². The van der Waals surface area contributed by atoms with Crippen LogP contribution in [0.15, 0.2) is 4.99 Å². The number of hydrogen-bond acceptors (Lipinski definition) is 7. The summed E-state index contributed by atoms with van der Waals surface area (Å²) in [7, 11) is 0. The summed E-state index contributed by atoms with van der Waals surface area (Å²) in [6, 6.07) is -2.39. The Bertz CT molecular complexity index is 346. The molecule has 0 bridgehead atoms. The van der Waals surface area contributed by atoms with E-state index in [1.807, 2.05) is 5.48 Å². The molecule has 0 spiro atoms. The predicted octanol–water partition coefficient (Wildman–Crippen LogP) is -1.23. The molecule has 2 atom stereocenters. The van der Waals surface area contributed by atoms with E-state index in [1.165, 1.54) is 0 Å². The van der Waals surface area contributed by atoms with Gasteiger partial charge in [0.2, 0.25) is 0 Å². The summed E-state index contributed by atoms with van der Waals surface area (Å²) in [5, 5.41) is 17.2. The largest absolute Gasteiger partial charge is 0.481 e. The van der Waals surface area contributed by atoms with Gasteiger partial charge in [-0.15, -0.1) is 5.48 Å². The van der Waals surface area contributed by atoms with Crippen LogP contribution in [0.25, 0.3) is 0 Å². The van der Waals surface area contributed by atoms with Gasteiger partial charge in [-0.05, 0) is 26.1 Å². The Hall–Kier alpha value is -2.00. The van der Waals surface area contributed by atoms with Gasteiger partial charge < -0.3 is 20.8 Å². The lowest BCUT2D eigenvalue weighted by Gasteiger charge is -2.14. The third-order valence-corrected chi connectivity index (χ3v) is 2.15. The minimum Gasteiger partial charge on any atom is -0.481 e. The van der Waals surface area contributed by atoms with E-state index in [2.05, 4.69) is 16.5 Å². The molecule has 0 unspecified atom stereocenters. The Morgan fingerprint density at radius 3 is 2.42 bits per heavy atom. The van der Waals surface area contributed by atoms with E-state index in [4.69, 9.17) is 15.9 Å². The number of nitrogens with two attached hydrogens (primary N) is 1. The van der Waals surface area contributed by atoms with E-state index >= 15 is 0 Å². The fraction of sp³-hybridized carbons (Fsp3) is 0.600. The van der Waals surface area contributed by atoms with E-state index in [9.17, 15) is 14.4 Å². The fourth-order valence-corrected chi connectivity index (χ4v) is 1.15. The lowest BCUT2D eigenvalue weighted by Crippen LogP contribution is -2.41. The molecule has 19 heavy (non-hydrogen) atoms. The number of carboxylic acids is 2.